The maximum atomic E-state index is 11.8. The molecule has 1 heterocycles. The Morgan fingerprint density at radius 3 is 2.46 bits per heavy atom. The van der Waals surface area contributed by atoms with Gasteiger partial charge >= 0.3 is 11.9 Å². The van der Waals surface area contributed by atoms with Crippen molar-refractivity contribution in [2.24, 2.45) is 0 Å². The Morgan fingerprint density at radius 1 is 1.12 bits per heavy atom. The fraction of sp³-hybridized carbons (Fsp3) is 0.111. The van der Waals surface area contributed by atoms with E-state index in [2.05, 4.69) is 0 Å². The minimum atomic E-state index is -1.11. The third kappa shape index (κ3) is 2.96. The lowest BCUT2D eigenvalue weighted by atomic mass is 9.97. The summed E-state index contributed by atoms with van der Waals surface area (Å²) in [6, 6.07) is 10.8. The molecule has 0 aliphatic rings. The predicted molar refractivity (Wildman–Crippen MR) is 92.1 cm³/mol. The van der Waals surface area contributed by atoms with Crippen LogP contribution in [0.5, 0.6) is 5.75 Å². The van der Waals surface area contributed by atoms with Gasteiger partial charge in [0.1, 0.15) is 5.75 Å². The van der Waals surface area contributed by atoms with Gasteiger partial charge in [-0.05, 0) is 30.0 Å². The van der Waals surface area contributed by atoms with Crippen molar-refractivity contribution < 1.29 is 24.5 Å². The molecule has 3 aromatic rings. The highest BCUT2D eigenvalue weighted by atomic mass is 32.1. The lowest BCUT2D eigenvalue weighted by Crippen LogP contribution is -2.10. The summed E-state index contributed by atoms with van der Waals surface area (Å²) in [6.07, 6.45) is 0. The Bertz CT molecular complexity index is 924. The largest absolute Gasteiger partial charge is 0.481 e. The molecule has 5 nitrogen and oxygen atoms in total. The van der Waals surface area contributed by atoms with E-state index >= 15 is 0 Å². The molecule has 0 aliphatic carbocycles. The van der Waals surface area contributed by atoms with E-state index in [-0.39, 0.29) is 11.3 Å². The second kappa shape index (κ2) is 6.33. The first-order valence-electron chi connectivity index (χ1n) is 7.16. The minimum absolute atomic E-state index is 0.0918. The van der Waals surface area contributed by atoms with Gasteiger partial charge in [-0.15, -0.1) is 11.3 Å². The number of thiophene rings is 1. The molecular formula is C18H14O5S. The number of aryl methyl sites for hydroxylation is 1. The highest BCUT2D eigenvalue weighted by Crippen LogP contribution is 2.41. The van der Waals surface area contributed by atoms with Crippen molar-refractivity contribution in [3.63, 3.8) is 0 Å². The average Bonchev–Trinajstić information content (AvgIpc) is 3.02. The monoisotopic (exact) mass is 342 g/mol. The van der Waals surface area contributed by atoms with Crippen LogP contribution in [0.4, 0.5) is 0 Å². The Morgan fingerprint density at radius 2 is 1.83 bits per heavy atom. The highest BCUT2D eigenvalue weighted by molar-refractivity contribution is 7.17. The SMILES string of the molecule is Cc1ccc(-c2c(C(=O)O)cc(OCC(=O)O)c3ccsc23)cc1. The van der Waals surface area contributed by atoms with E-state index in [0.717, 1.165) is 15.8 Å². The zero-order valence-corrected chi connectivity index (χ0v) is 13.6. The van der Waals surface area contributed by atoms with Crippen molar-refractivity contribution in [1.29, 1.82) is 0 Å². The molecule has 0 unspecified atom stereocenters. The molecule has 0 fully saturated rings. The summed E-state index contributed by atoms with van der Waals surface area (Å²) < 4.78 is 6.05. The smallest absolute Gasteiger partial charge is 0.341 e. The van der Waals surface area contributed by atoms with E-state index in [1.807, 2.05) is 36.6 Å². The summed E-state index contributed by atoms with van der Waals surface area (Å²) in [6.45, 7) is 1.44. The Balaban J connectivity index is 2.25. The van der Waals surface area contributed by atoms with Crippen LogP contribution in [0.1, 0.15) is 15.9 Å². The normalized spacial score (nSPS) is 10.7. The summed E-state index contributed by atoms with van der Waals surface area (Å²) in [4.78, 5) is 22.5. The fourth-order valence-corrected chi connectivity index (χ4v) is 3.52. The first kappa shape index (κ1) is 16.0. The van der Waals surface area contributed by atoms with Crippen molar-refractivity contribution in [2.75, 3.05) is 6.61 Å². The molecule has 24 heavy (non-hydrogen) atoms. The standard InChI is InChI=1S/C18H14O5S/c1-10-2-4-11(5-3-10)16-13(18(21)22)8-14(23-9-15(19)20)12-6-7-24-17(12)16/h2-8H,9H2,1H3,(H,19,20)(H,21,22). The van der Waals surface area contributed by atoms with Gasteiger partial charge in [0, 0.05) is 15.6 Å². The van der Waals surface area contributed by atoms with Crippen LogP contribution in [-0.2, 0) is 4.79 Å². The van der Waals surface area contributed by atoms with Gasteiger partial charge in [-0.1, -0.05) is 29.8 Å². The number of hydrogen-bond acceptors (Lipinski definition) is 4. The molecule has 122 valence electrons. The molecule has 0 spiro atoms. The number of hydrogen-bond donors (Lipinski definition) is 2. The summed E-state index contributed by atoms with van der Waals surface area (Å²) in [5.74, 6) is -1.93. The van der Waals surface area contributed by atoms with Crippen molar-refractivity contribution in [3.05, 3.63) is 52.9 Å². The van der Waals surface area contributed by atoms with Gasteiger partial charge in [-0.2, -0.15) is 0 Å². The van der Waals surface area contributed by atoms with Crippen LogP contribution in [0, 0.1) is 6.92 Å². The van der Waals surface area contributed by atoms with Crippen LogP contribution >= 0.6 is 11.3 Å². The first-order valence-corrected chi connectivity index (χ1v) is 8.04. The summed E-state index contributed by atoms with van der Waals surface area (Å²) >= 11 is 1.40. The van der Waals surface area contributed by atoms with Gasteiger partial charge in [-0.3, -0.25) is 0 Å². The number of fused-ring (bicyclic) bond motifs is 1. The van der Waals surface area contributed by atoms with Crippen LogP contribution in [0.25, 0.3) is 21.2 Å². The molecule has 0 saturated carbocycles. The molecule has 0 atom stereocenters. The number of benzene rings is 2. The van der Waals surface area contributed by atoms with Crippen LogP contribution < -0.4 is 4.74 Å². The number of aliphatic carboxylic acids is 1. The van der Waals surface area contributed by atoms with E-state index < -0.39 is 18.5 Å². The summed E-state index contributed by atoms with van der Waals surface area (Å²) in [5.41, 5.74) is 2.60. The lowest BCUT2D eigenvalue weighted by Gasteiger charge is -2.13. The van der Waals surface area contributed by atoms with Gasteiger partial charge in [0.2, 0.25) is 0 Å². The molecule has 0 saturated heterocycles. The Hall–Kier alpha value is -2.86. The third-order valence-corrected chi connectivity index (χ3v) is 4.56. The van der Waals surface area contributed by atoms with Crippen molar-refractivity contribution in [1.82, 2.24) is 0 Å². The van der Waals surface area contributed by atoms with Gasteiger partial charge in [0.25, 0.3) is 0 Å². The number of carboxylic acid groups (broad SMARTS) is 2. The second-order valence-electron chi connectivity index (χ2n) is 5.31. The van der Waals surface area contributed by atoms with E-state index in [1.54, 1.807) is 6.07 Å². The fourth-order valence-electron chi connectivity index (χ4n) is 2.53. The van der Waals surface area contributed by atoms with E-state index in [9.17, 15) is 14.7 Å². The van der Waals surface area contributed by atoms with Gasteiger partial charge in [0.05, 0.1) is 5.56 Å². The van der Waals surface area contributed by atoms with Crippen molar-refractivity contribution in [3.8, 4) is 16.9 Å². The minimum Gasteiger partial charge on any atom is -0.481 e. The maximum Gasteiger partial charge on any atom is 0.341 e. The molecule has 0 bridgehead atoms. The number of ether oxygens (including phenoxy) is 1. The van der Waals surface area contributed by atoms with Crippen molar-refractivity contribution >= 4 is 33.4 Å². The van der Waals surface area contributed by atoms with E-state index in [0.29, 0.717) is 10.9 Å². The van der Waals surface area contributed by atoms with E-state index in [1.165, 1.54) is 17.4 Å². The summed E-state index contributed by atoms with van der Waals surface area (Å²) in [7, 11) is 0. The topological polar surface area (TPSA) is 83.8 Å². The quantitative estimate of drug-likeness (QED) is 0.731. The maximum absolute atomic E-state index is 11.8. The first-order chi connectivity index (χ1) is 11.5. The highest BCUT2D eigenvalue weighted by Gasteiger charge is 2.20. The predicted octanol–water partition coefficient (Wildman–Crippen LogP) is 4.04. The molecule has 0 radical (unpaired) electrons. The number of aromatic carboxylic acids is 1. The zero-order chi connectivity index (χ0) is 17.3. The third-order valence-electron chi connectivity index (χ3n) is 3.62. The molecule has 0 aliphatic heterocycles. The molecule has 0 amide bonds. The molecule has 1 aromatic heterocycles. The van der Waals surface area contributed by atoms with Gasteiger partial charge in [-0.25, -0.2) is 9.59 Å². The Labute approximate surface area is 141 Å². The van der Waals surface area contributed by atoms with Crippen molar-refractivity contribution in [2.45, 2.75) is 6.92 Å². The van der Waals surface area contributed by atoms with Gasteiger partial charge < -0.3 is 14.9 Å². The van der Waals surface area contributed by atoms with Gasteiger partial charge in [0.15, 0.2) is 6.61 Å². The summed E-state index contributed by atoms with van der Waals surface area (Å²) in [5, 5.41) is 21.0. The van der Waals surface area contributed by atoms with Crippen LogP contribution in [-0.4, -0.2) is 28.8 Å². The van der Waals surface area contributed by atoms with Crippen LogP contribution in [0.2, 0.25) is 0 Å². The number of rotatable bonds is 5. The lowest BCUT2D eigenvalue weighted by molar-refractivity contribution is -0.139. The number of carboxylic acids is 2. The van der Waals surface area contributed by atoms with Crippen LogP contribution in [0.15, 0.2) is 41.8 Å². The average molecular weight is 342 g/mol. The van der Waals surface area contributed by atoms with Crippen LogP contribution in [0.3, 0.4) is 0 Å². The molecule has 6 heteroatoms. The van der Waals surface area contributed by atoms with E-state index in [4.69, 9.17) is 9.84 Å². The Kier molecular flexibility index (Phi) is 4.22. The zero-order valence-electron chi connectivity index (χ0n) is 12.8. The molecule has 3 rings (SSSR count). The molecule has 2 N–H and O–H groups in total. The molecule has 2 aromatic carbocycles. The second-order valence-corrected chi connectivity index (χ2v) is 6.23. The molecular weight excluding hydrogens is 328 g/mol. The number of carbonyl (C=O) groups is 2.